The van der Waals surface area contributed by atoms with Crippen LogP contribution < -0.4 is 0 Å². The van der Waals surface area contributed by atoms with Crippen LogP contribution in [0.5, 0.6) is 0 Å². The van der Waals surface area contributed by atoms with Crippen LogP contribution in [-0.4, -0.2) is 15.0 Å². The SMILES string of the molecule is c1ccc(-c2ccc(-c3nc(-c4cccc(-c5cccc6c5oc5cccc(-c7ccccc7)c56)c4)nc(-c4ccc5c(c4)oc4ccccc45)n3)cc2)cc1. The van der Waals surface area contributed by atoms with Gasteiger partial charge in [-0.15, -0.1) is 0 Å². The van der Waals surface area contributed by atoms with Crippen molar-refractivity contribution in [3.63, 3.8) is 0 Å². The normalized spacial score (nSPS) is 11.6. The summed E-state index contributed by atoms with van der Waals surface area (Å²) in [5.41, 5.74) is 12.6. The van der Waals surface area contributed by atoms with Crippen LogP contribution in [0.15, 0.2) is 197 Å². The zero-order chi connectivity index (χ0) is 37.0. The van der Waals surface area contributed by atoms with Gasteiger partial charge in [-0.25, -0.2) is 15.0 Å². The van der Waals surface area contributed by atoms with Gasteiger partial charge in [0.05, 0.1) is 0 Å². The van der Waals surface area contributed by atoms with Crippen molar-refractivity contribution in [3.8, 4) is 67.5 Å². The van der Waals surface area contributed by atoms with Crippen LogP contribution in [0.3, 0.4) is 0 Å². The van der Waals surface area contributed by atoms with Crippen LogP contribution in [0.25, 0.3) is 111 Å². The Balaban J connectivity index is 1.05. The number of para-hydroxylation sites is 2. The van der Waals surface area contributed by atoms with Gasteiger partial charge < -0.3 is 8.83 Å². The molecular weight excluding hydrogens is 687 g/mol. The first kappa shape index (κ1) is 31.9. The summed E-state index contributed by atoms with van der Waals surface area (Å²) in [7, 11) is 0. The van der Waals surface area contributed by atoms with Crippen LogP contribution in [0, 0.1) is 0 Å². The third kappa shape index (κ3) is 5.45. The van der Waals surface area contributed by atoms with Crippen molar-refractivity contribution in [1.82, 2.24) is 15.0 Å². The third-order valence-corrected chi connectivity index (χ3v) is 10.6. The second-order valence-corrected chi connectivity index (χ2v) is 14.0. The molecule has 8 aromatic carbocycles. The van der Waals surface area contributed by atoms with E-state index >= 15 is 0 Å². The minimum Gasteiger partial charge on any atom is -0.456 e. The van der Waals surface area contributed by atoms with E-state index < -0.39 is 0 Å². The van der Waals surface area contributed by atoms with Gasteiger partial charge in [0.15, 0.2) is 17.5 Å². The maximum atomic E-state index is 6.65. The lowest BCUT2D eigenvalue weighted by atomic mass is 9.97. The fourth-order valence-electron chi connectivity index (χ4n) is 7.83. The molecule has 0 aliphatic heterocycles. The number of furan rings is 2. The van der Waals surface area contributed by atoms with E-state index in [0.29, 0.717) is 17.5 Å². The van der Waals surface area contributed by atoms with E-state index in [0.717, 1.165) is 93.9 Å². The summed E-state index contributed by atoms with van der Waals surface area (Å²) in [6, 6.07) is 64.5. The average molecular weight is 718 g/mol. The molecule has 3 heterocycles. The summed E-state index contributed by atoms with van der Waals surface area (Å²) in [6.07, 6.45) is 0. The summed E-state index contributed by atoms with van der Waals surface area (Å²) >= 11 is 0. The molecule has 0 saturated heterocycles. The molecule has 3 aromatic heterocycles. The Bertz CT molecular complexity index is 3240. The Morgan fingerprint density at radius 1 is 0.286 bits per heavy atom. The van der Waals surface area contributed by atoms with Crippen molar-refractivity contribution in [1.29, 1.82) is 0 Å². The van der Waals surface area contributed by atoms with E-state index in [9.17, 15) is 0 Å². The molecule has 5 nitrogen and oxygen atoms in total. The summed E-state index contributed by atoms with van der Waals surface area (Å²) in [4.78, 5) is 15.3. The van der Waals surface area contributed by atoms with Crippen LogP contribution >= 0.6 is 0 Å². The highest BCUT2D eigenvalue weighted by Gasteiger charge is 2.18. The van der Waals surface area contributed by atoms with Gasteiger partial charge in [0.1, 0.15) is 22.3 Å². The van der Waals surface area contributed by atoms with Crippen molar-refractivity contribution in [2.45, 2.75) is 0 Å². The molecular formula is C51H31N3O2. The predicted octanol–water partition coefficient (Wildman–Crippen LogP) is 13.7. The molecule has 262 valence electrons. The lowest BCUT2D eigenvalue weighted by Crippen LogP contribution is -2.00. The van der Waals surface area contributed by atoms with Crippen LogP contribution in [0.4, 0.5) is 0 Å². The summed E-state index contributed by atoms with van der Waals surface area (Å²) < 4.78 is 12.9. The van der Waals surface area contributed by atoms with Gasteiger partial charge in [-0.2, -0.15) is 0 Å². The smallest absolute Gasteiger partial charge is 0.164 e. The highest BCUT2D eigenvalue weighted by atomic mass is 16.3. The molecule has 0 aliphatic rings. The second kappa shape index (κ2) is 13.0. The molecule has 0 atom stereocenters. The Hall–Kier alpha value is -7.63. The molecule has 0 spiro atoms. The molecule has 0 N–H and O–H groups in total. The van der Waals surface area contributed by atoms with Crippen molar-refractivity contribution in [3.05, 3.63) is 188 Å². The lowest BCUT2D eigenvalue weighted by Gasteiger charge is -2.10. The summed E-state index contributed by atoms with van der Waals surface area (Å²) in [5, 5.41) is 4.32. The van der Waals surface area contributed by atoms with E-state index in [4.69, 9.17) is 23.8 Å². The highest BCUT2D eigenvalue weighted by molar-refractivity contribution is 6.15. The lowest BCUT2D eigenvalue weighted by molar-refractivity contribution is 0.669. The zero-order valence-electron chi connectivity index (χ0n) is 30.1. The monoisotopic (exact) mass is 717 g/mol. The number of rotatable bonds is 6. The number of nitrogens with zero attached hydrogens (tertiary/aromatic N) is 3. The molecule has 0 bridgehead atoms. The topological polar surface area (TPSA) is 65.0 Å². The van der Waals surface area contributed by atoms with Crippen molar-refractivity contribution in [2.75, 3.05) is 0 Å². The van der Waals surface area contributed by atoms with Gasteiger partial charge in [-0.1, -0.05) is 158 Å². The summed E-state index contributed by atoms with van der Waals surface area (Å²) in [6.45, 7) is 0. The largest absolute Gasteiger partial charge is 0.456 e. The molecule has 0 amide bonds. The summed E-state index contributed by atoms with van der Waals surface area (Å²) in [5.74, 6) is 1.73. The number of fused-ring (bicyclic) bond motifs is 6. The van der Waals surface area contributed by atoms with Crippen LogP contribution in [0.1, 0.15) is 0 Å². The Morgan fingerprint density at radius 3 is 1.61 bits per heavy atom. The van der Waals surface area contributed by atoms with Crippen molar-refractivity contribution >= 4 is 43.9 Å². The molecule has 56 heavy (non-hydrogen) atoms. The van der Waals surface area contributed by atoms with Gasteiger partial charge in [0, 0.05) is 43.8 Å². The van der Waals surface area contributed by atoms with Crippen molar-refractivity contribution in [2.24, 2.45) is 0 Å². The van der Waals surface area contributed by atoms with Gasteiger partial charge in [-0.05, 0) is 58.1 Å². The number of hydrogen-bond acceptors (Lipinski definition) is 5. The molecule has 11 aromatic rings. The molecule has 0 fully saturated rings. The standard InChI is InChI=1S/C51H31N3O2/c1-3-12-32(13-4-1)33-24-26-35(27-25-33)49-52-50(54-51(53-49)38-28-29-42-41-18-7-8-22-44(41)55-46(42)31-38)37-17-9-16-36(30-37)40-20-10-21-43-47-39(34-14-5-2-6-15-34)19-11-23-45(47)56-48(40)43/h1-31H. The quantitative estimate of drug-likeness (QED) is 0.171. The molecule has 5 heteroatoms. The number of benzene rings is 8. The van der Waals surface area contributed by atoms with Gasteiger partial charge in [0.25, 0.3) is 0 Å². The number of aromatic nitrogens is 3. The van der Waals surface area contributed by atoms with E-state index in [-0.39, 0.29) is 0 Å². The third-order valence-electron chi connectivity index (χ3n) is 10.6. The zero-order valence-corrected chi connectivity index (χ0v) is 30.1. The Kier molecular flexibility index (Phi) is 7.42. The van der Waals surface area contributed by atoms with Crippen LogP contribution in [0.2, 0.25) is 0 Å². The van der Waals surface area contributed by atoms with E-state index in [1.54, 1.807) is 0 Å². The minimum atomic E-state index is 0.567. The van der Waals surface area contributed by atoms with E-state index in [2.05, 4.69) is 146 Å². The first-order valence-corrected chi connectivity index (χ1v) is 18.7. The van der Waals surface area contributed by atoms with Gasteiger partial charge >= 0.3 is 0 Å². The second-order valence-electron chi connectivity index (χ2n) is 14.0. The predicted molar refractivity (Wildman–Crippen MR) is 227 cm³/mol. The minimum absolute atomic E-state index is 0.567. The highest BCUT2D eigenvalue weighted by Crippen LogP contribution is 2.41. The Labute approximate surface area is 322 Å². The molecule has 0 aliphatic carbocycles. The molecule has 0 radical (unpaired) electrons. The van der Waals surface area contributed by atoms with Crippen molar-refractivity contribution < 1.29 is 8.83 Å². The first-order valence-electron chi connectivity index (χ1n) is 18.7. The maximum Gasteiger partial charge on any atom is 0.164 e. The van der Waals surface area contributed by atoms with Crippen LogP contribution in [-0.2, 0) is 0 Å². The molecule has 0 saturated carbocycles. The first-order chi connectivity index (χ1) is 27.7. The maximum absolute atomic E-state index is 6.65. The van der Waals surface area contributed by atoms with E-state index in [1.165, 1.54) is 0 Å². The fraction of sp³-hybridized carbons (Fsp3) is 0. The molecule has 11 rings (SSSR count). The fourth-order valence-corrected chi connectivity index (χ4v) is 7.83. The molecule has 0 unspecified atom stereocenters. The number of hydrogen-bond donors (Lipinski definition) is 0. The van der Waals surface area contributed by atoms with Gasteiger partial charge in [0.2, 0.25) is 0 Å². The Morgan fingerprint density at radius 2 is 0.804 bits per heavy atom. The van der Waals surface area contributed by atoms with E-state index in [1.807, 2.05) is 42.5 Å². The van der Waals surface area contributed by atoms with Gasteiger partial charge in [-0.3, -0.25) is 0 Å². The average Bonchev–Trinajstić information content (AvgIpc) is 3.85.